The van der Waals surface area contributed by atoms with Crippen molar-refractivity contribution in [3.05, 3.63) is 34.4 Å². The lowest BCUT2D eigenvalue weighted by atomic mass is 9.96. The first-order valence-electron chi connectivity index (χ1n) is 8.36. The van der Waals surface area contributed by atoms with Crippen molar-refractivity contribution in [1.82, 2.24) is 4.90 Å². The first-order chi connectivity index (χ1) is 10.0. The molecule has 0 atom stereocenters. The van der Waals surface area contributed by atoms with Gasteiger partial charge < -0.3 is 0 Å². The maximum absolute atomic E-state index is 12.8. The SMILES string of the molecule is Cc1cc(C)c(C(=O)CN(CC2CC2)CC2CC2)c(C)c1. The fraction of sp³-hybridized carbons (Fsp3) is 0.632. The van der Waals surface area contributed by atoms with E-state index in [2.05, 4.69) is 37.8 Å². The third-order valence-corrected chi connectivity index (χ3v) is 4.75. The van der Waals surface area contributed by atoms with E-state index in [-0.39, 0.29) is 0 Å². The summed E-state index contributed by atoms with van der Waals surface area (Å²) in [6.45, 7) is 9.11. The Labute approximate surface area is 128 Å². The summed E-state index contributed by atoms with van der Waals surface area (Å²) >= 11 is 0. The maximum Gasteiger partial charge on any atom is 0.177 e. The minimum absolute atomic E-state index is 0.311. The van der Waals surface area contributed by atoms with E-state index < -0.39 is 0 Å². The Morgan fingerprint density at radius 3 is 1.90 bits per heavy atom. The minimum atomic E-state index is 0.311. The molecule has 0 bridgehead atoms. The summed E-state index contributed by atoms with van der Waals surface area (Å²) in [4.78, 5) is 15.2. The van der Waals surface area contributed by atoms with Crippen molar-refractivity contribution >= 4 is 5.78 Å². The predicted molar refractivity (Wildman–Crippen MR) is 86.9 cm³/mol. The number of Topliss-reactive ketones (excluding diaryl/α,β-unsaturated/α-hetero) is 1. The summed E-state index contributed by atoms with van der Waals surface area (Å²) in [5, 5.41) is 0. The fourth-order valence-corrected chi connectivity index (χ4v) is 3.44. The molecule has 0 aliphatic heterocycles. The molecule has 2 nitrogen and oxygen atoms in total. The molecule has 0 saturated heterocycles. The van der Waals surface area contributed by atoms with E-state index in [9.17, 15) is 4.79 Å². The lowest BCUT2D eigenvalue weighted by Gasteiger charge is -2.22. The topological polar surface area (TPSA) is 20.3 Å². The standard InChI is InChI=1S/C19H27NO/c1-13-8-14(2)19(15(3)9-13)18(21)12-20(10-16-4-5-16)11-17-6-7-17/h8-9,16-17H,4-7,10-12H2,1-3H3. The normalized spacial score (nSPS) is 18.3. The Hall–Kier alpha value is -1.15. The van der Waals surface area contributed by atoms with Crippen molar-refractivity contribution in [3.63, 3.8) is 0 Å². The van der Waals surface area contributed by atoms with Crippen LogP contribution in [0.3, 0.4) is 0 Å². The predicted octanol–water partition coefficient (Wildman–Crippen LogP) is 3.92. The highest BCUT2D eigenvalue weighted by atomic mass is 16.1. The van der Waals surface area contributed by atoms with Gasteiger partial charge in [-0.15, -0.1) is 0 Å². The highest BCUT2D eigenvalue weighted by Gasteiger charge is 2.30. The van der Waals surface area contributed by atoms with Gasteiger partial charge in [-0.05, 0) is 69.4 Å². The third kappa shape index (κ3) is 3.94. The van der Waals surface area contributed by atoms with Crippen LogP contribution in [0.25, 0.3) is 0 Å². The average Bonchev–Trinajstić information content (AvgIpc) is 3.23. The van der Waals surface area contributed by atoms with Crippen molar-refractivity contribution in [2.24, 2.45) is 11.8 Å². The Kier molecular flexibility index (Phi) is 4.17. The summed E-state index contributed by atoms with van der Waals surface area (Å²) < 4.78 is 0. The molecule has 0 spiro atoms. The van der Waals surface area contributed by atoms with E-state index in [4.69, 9.17) is 0 Å². The minimum Gasteiger partial charge on any atom is -0.295 e. The van der Waals surface area contributed by atoms with E-state index in [1.165, 1.54) is 31.2 Å². The van der Waals surface area contributed by atoms with Crippen molar-refractivity contribution in [1.29, 1.82) is 0 Å². The molecule has 21 heavy (non-hydrogen) atoms. The average molecular weight is 285 g/mol. The van der Waals surface area contributed by atoms with E-state index >= 15 is 0 Å². The number of carbonyl (C=O) groups is 1. The zero-order valence-corrected chi connectivity index (χ0v) is 13.6. The van der Waals surface area contributed by atoms with Crippen LogP contribution in [0.5, 0.6) is 0 Å². The lowest BCUT2D eigenvalue weighted by molar-refractivity contribution is 0.0922. The zero-order valence-electron chi connectivity index (χ0n) is 13.6. The van der Waals surface area contributed by atoms with Gasteiger partial charge in [-0.3, -0.25) is 9.69 Å². The van der Waals surface area contributed by atoms with Crippen molar-refractivity contribution < 1.29 is 4.79 Å². The Morgan fingerprint density at radius 2 is 1.48 bits per heavy atom. The van der Waals surface area contributed by atoms with Crippen LogP contribution in [0.4, 0.5) is 0 Å². The lowest BCUT2D eigenvalue weighted by Crippen LogP contribution is -2.34. The summed E-state index contributed by atoms with van der Waals surface area (Å²) in [6.07, 6.45) is 5.44. The number of aryl methyl sites for hydroxylation is 3. The number of benzene rings is 1. The van der Waals surface area contributed by atoms with Crippen molar-refractivity contribution in [2.45, 2.75) is 46.5 Å². The molecular weight excluding hydrogens is 258 g/mol. The zero-order chi connectivity index (χ0) is 15.0. The van der Waals surface area contributed by atoms with Gasteiger partial charge in [0.25, 0.3) is 0 Å². The Morgan fingerprint density at radius 1 is 1.00 bits per heavy atom. The highest BCUT2D eigenvalue weighted by Crippen LogP contribution is 2.33. The molecule has 2 fully saturated rings. The van der Waals surface area contributed by atoms with E-state index in [0.29, 0.717) is 12.3 Å². The van der Waals surface area contributed by atoms with Crippen LogP contribution in [-0.4, -0.2) is 30.3 Å². The number of hydrogen-bond donors (Lipinski definition) is 0. The number of carbonyl (C=O) groups excluding carboxylic acids is 1. The highest BCUT2D eigenvalue weighted by molar-refractivity contribution is 6.00. The van der Waals surface area contributed by atoms with Crippen LogP contribution in [0.1, 0.15) is 52.7 Å². The van der Waals surface area contributed by atoms with Gasteiger partial charge in [0.05, 0.1) is 6.54 Å². The van der Waals surface area contributed by atoms with Gasteiger partial charge in [-0.2, -0.15) is 0 Å². The molecule has 0 amide bonds. The summed E-state index contributed by atoms with van der Waals surface area (Å²) in [7, 11) is 0. The van der Waals surface area contributed by atoms with Gasteiger partial charge >= 0.3 is 0 Å². The van der Waals surface area contributed by atoms with Crippen LogP contribution in [0.15, 0.2) is 12.1 Å². The van der Waals surface area contributed by atoms with Gasteiger partial charge in [0.1, 0.15) is 0 Å². The monoisotopic (exact) mass is 285 g/mol. The van der Waals surface area contributed by atoms with Crippen LogP contribution in [0, 0.1) is 32.6 Å². The molecule has 2 aliphatic rings. The molecule has 0 aromatic heterocycles. The van der Waals surface area contributed by atoms with Gasteiger partial charge in [-0.1, -0.05) is 17.7 Å². The molecule has 0 N–H and O–H groups in total. The first kappa shape index (κ1) is 14.8. The molecule has 0 heterocycles. The molecule has 2 heteroatoms. The van der Waals surface area contributed by atoms with Gasteiger partial charge in [-0.25, -0.2) is 0 Å². The first-order valence-corrected chi connectivity index (χ1v) is 8.36. The molecular formula is C19H27NO. The number of nitrogens with zero attached hydrogens (tertiary/aromatic N) is 1. The molecule has 3 rings (SSSR count). The van der Waals surface area contributed by atoms with E-state index in [1.807, 2.05) is 0 Å². The molecule has 2 aliphatic carbocycles. The maximum atomic E-state index is 12.8. The van der Waals surface area contributed by atoms with Crippen LogP contribution >= 0.6 is 0 Å². The smallest absolute Gasteiger partial charge is 0.177 e. The summed E-state index contributed by atoms with van der Waals surface area (Å²) in [5.74, 6) is 2.03. The molecule has 0 radical (unpaired) electrons. The number of rotatable bonds is 7. The van der Waals surface area contributed by atoms with Gasteiger partial charge in [0.15, 0.2) is 5.78 Å². The fourth-order valence-electron chi connectivity index (χ4n) is 3.44. The van der Waals surface area contributed by atoms with Gasteiger partial charge in [0, 0.05) is 18.7 Å². The molecule has 114 valence electrons. The summed E-state index contributed by atoms with van der Waals surface area (Å²) in [6, 6.07) is 4.26. The molecule has 1 aromatic rings. The third-order valence-electron chi connectivity index (χ3n) is 4.75. The van der Waals surface area contributed by atoms with E-state index in [1.54, 1.807) is 0 Å². The van der Waals surface area contributed by atoms with Crippen molar-refractivity contribution in [2.75, 3.05) is 19.6 Å². The molecule has 2 saturated carbocycles. The summed E-state index contributed by atoms with van der Waals surface area (Å²) in [5.41, 5.74) is 4.47. The van der Waals surface area contributed by atoms with Gasteiger partial charge in [0.2, 0.25) is 0 Å². The Bertz CT molecular complexity index is 503. The van der Waals surface area contributed by atoms with Crippen LogP contribution in [-0.2, 0) is 0 Å². The Balaban J connectivity index is 1.70. The largest absolute Gasteiger partial charge is 0.295 e. The van der Waals surface area contributed by atoms with Crippen molar-refractivity contribution in [3.8, 4) is 0 Å². The second kappa shape index (κ2) is 5.92. The number of ketones is 1. The van der Waals surface area contributed by atoms with Crippen LogP contribution in [0.2, 0.25) is 0 Å². The van der Waals surface area contributed by atoms with E-state index in [0.717, 1.165) is 41.6 Å². The second-order valence-corrected chi connectivity index (χ2v) is 7.28. The van der Waals surface area contributed by atoms with Crippen LogP contribution < -0.4 is 0 Å². The number of hydrogen-bond acceptors (Lipinski definition) is 2. The second-order valence-electron chi connectivity index (χ2n) is 7.28. The quantitative estimate of drug-likeness (QED) is 0.708. The molecule has 1 aromatic carbocycles. The molecule has 0 unspecified atom stereocenters.